The van der Waals surface area contributed by atoms with E-state index in [4.69, 9.17) is 0 Å². The smallest absolute Gasteiger partial charge is 0.0715 e. The molecule has 0 amide bonds. The summed E-state index contributed by atoms with van der Waals surface area (Å²) in [7, 11) is 0. The first kappa shape index (κ1) is 10.2. The maximum Gasteiger partial charge on any atom is 0.0715 e. The van der Waals surface area contributed by atoms with Gasteiger partial charge >= 0.3 is 0 Å². The third-order valence-corrected chi connectivity index (χ3v) is 2.74. The van der Waals surface area contributed by atoms with E-state index in [-0.39, 0.29) is 6.10 Å². The lowest BCUT2D eigenvalue weighted by atomic mass is 10.1. The van der Waals surface area contributed by atoms with E-state index in [1.54, 1.807) is 6.08 Å². The predicted octanol–water partition coefficient (Wildman–Crippen LogP) is 1.69. The molecule has 1 aliphatic rings. The van der Waals surface area contributed by atoms with Gasteiger partial charge in [-0.3, -0.25) is 4.98 Å². The summed E-state index contributed by atoms with van der Waals surface area (Å²) in [5, 5.41) is 9.56. The van der Waals surface area contributed by atoms with Crippen LogP contribution in [-0.4, -0.2) is 29.3 Å². The Morgan fingerprint density at radius 2 is 2.40 bits per heavy atom. The van der Waals surface area contributed by atoms with Crippen LogP contribution in [0, 0.1) is 0 Å². The first-order valence-corrected chi connectivity index (χ1v) is 5.31. The molecule has 1 aromatic rings. The quantitative estimate of drug-likeness (QED) is 0.796. The van der Waals surface area contributed by atoms with Gasteiger partial charge in [0.05, 0.1) is 23.7 Å². The van der Waals surface area contributed by atoms with Gasteiger partial charge in [0.25, 0.3) is 0 Å². The van der Waals surface area contributed by atoms with E-state index < -0.39 is 0 Å². The third-order valence-electron chi connectivity index (χ3n) is 2.74. The molecule has 0 bridgehead atoms. The fraction of sp³-hybridized carbons (Fsp3) is 0.417. The Morgan fingerprint density at radius 3 is 3.00 bits per heavy atom. The van der Waals surface area contributed by atoms with Crippen molar-refractivity contribution in [3.8, 4) is 0 Å². The molecule has 3 heteroatoms. The summed E-state index contributed by atoms with van der Waals surface area (Å²) < 4.78 is 0. The lowest BCUT2D eigenvalue weighted by Crippen LogP contribution is -2.38. The van der Waals surface area contributed by atoms with Gasteiger partial charge in [0, 0.05) is 13.1 Å². The normalized spacial score (nSPS) is 21.4. The molecule has 1 saturated heterocycles. The van der Waals surface area contributed by atoms with Crippen molar-refractivity contribution in [3.63, 3.8) is 0 Å². The van der Waals surface area contributed by atoms with Crippen molar-refractivity contribution >= 4 is 11.8 Å². The largest absolute Gasteiger partial charge is 0.391 e. The molecule has 2 heterocycles. The zero-order valence-electron chi connectivity index (χ0n) is 8.76. The van der Waals surface area contributed by atoms with E-state index in [2.05, 4.69) is 16.5 Å². The molecule has 0 unspecified atom stereocenters. The van der Waals surface area contributed by atoms with E-state index in [0.29, 0.717) is 0 Å². The summed E-state index contributed by atoms with van der Waals surface area (Å²) in [4.78, 5) is 6.43. The van der Waals surface area contributed by atoms with Crippen molar-refractivity contribution < 1.29 is 5.11 Å². The van der Waals surface area contributed by atoms with Crippen LogP contribution in [0.1, 0.15) is 18.5 Å². The number of β-amino-alcohol motifs (C(OH)–C–C–N with tert-alkyl or cyclic N) is 1. The Bertz CT molecular complexity index is 334. The van der Waals surface area contributed by atoms with Gasteiger partial charge < -0.3 is 10.0 Å². The van der Waals surface area contributed by atoms with Crippen LogP contribution in [-0.2, 0) is 0 Å². The van der Waals surface area contributed by atoms with Gasteiger partial charge in [-0.25, -0.2) is 0 Å². The second kappa shape index (κ2) is 4.45. The molecule has 0 aliphatic carbocycles. The second-order valence-electron chi connectivity index (χ2n) is 3.89. The highest BCUT2D eigenvalue weighted by atomic mass is 16.3. The van der Waals surface area contributed by atoms with Crippen LogP contribution in [0.5, 0.6) is 0 Å². The molecule has 1 aliphatic heterocycles. The second-order valence-corrected chi connectivity index (χ2v) is 3.89. The molecule has 3 nitrogen and oxygen atoms in total. The lowest BCUT2D eigenvalue weighted by molar-refractivity contribution is 0.154. The molecule has 1 atom stereocenters. The Labute approximate surface area is 90.1 Å². The summed E-state index contributed by atoms with van der Waals surface area (Å²) in [6.07, 6.45) is 5.33. The molecule has 15 heavy (non-hydrogen) atoms. The molecule has 0 aromatic carbocycles. The Hall–Kier alpha value is -1.35. The SMILES string of the molecule is C=Cc1ccc(N2CCC[C@H](O)C2)cn1. The van der Waals surface area contributed by atoms with Crippen LogP contribution in [0.25, 0.3) is 6.08 Å². The maximum absolute atomic E-state index is 9.56. The average Bonchev–Trinajstić information content (AvgIpc) is 2.29. The van der Waals surface area contributed by atoms with Crippen molar-refractivity contribution in [2.24, 2.45) is 0 Å². The van der Waals surface area contributed by atoms with Crippen molar-refractivity contribution in [1.82, 2.24) is 4.98 Å². The number of aliphatic hydroxyl groups is 1. The number of rotatable bonds is 2. The molecule has 0 spiro atoms. The van der Waals surface area contributed by atoms with Crippen molar-refractivity contribution in [3.05, 3.63) is 30.6 Å². The lowest BCUT2D eigenvalue weighted by Gasteiger charge is -2.31. The molecular weight excluding hydrogens is 188 g/mol. The van der Waals surface area contributed by atoms with Crippen LogP contribution in [0.15, 0.2) is 24.9 Å². The van der Waals surface area contributed by atoms with Crippen LogP contribution < -0.4 is 4.90 Å². The summed E-state index contributed by atoms with van der Waals surface area (Å²) in [6, 6.07) is 3.98. The average molecular weight is 204 g/mol. The Kier molecular flexibility index (Phi) is 3.02. The first-order valence-electron chi connectivity index (χ1n) is 5.31. The van der Waals surface area contributed by atoms with E-state index in [1.807, 2.05) is 18.3 Å². The van der Waals surface area contributed by atoms with E-state index in [1.165, 1.54) is 0 Å². The Morgan fingerprint density at radius 1 is 1.53 bits per heavy atom. The minimum absolute atomic E-state index is 0.196. The van der Waals surface area contributed by atoms with E-state index >= 15 is 0 Å². The maximum atomic E-state index is 9.56. The van der Waals surface area contributed by atoms with Crippen LogP contribution in [0.4, 0.5) is 5.69 Å². The summed E-state index contributed by atoms with van der Waals surface area (Å²) in [5.41, 5.74) is 1.97. The van der Waals surface area contributed by atoms with Crippen molar-refractivity contribution in [2.75, 3.05) is 18.0 Å². The molecule has 2 rings (SSSR count). The zero-order chi connectivity index (χ0) is 10.7. The van der Waals surface area contributed by atoms with Gasteiger partial charge in [-0.05, 0) is 31.1 Å². The number of hydrogen-bond donors (Lipinski definition) is 1. The van der Waals surface area contributed by atoms with Crippen LogP contribution in [0.3, 0.4) is 0 Å². The minimum atomic E-state index is -0.196. The first-order chi connectivity index (χ1) is 7.29. The summed E-state index contributed by atoms with van der Waals surface area (Å²) in [5.74, 6) is 0. The molecule has 0 radical (unpaired) electrons. The summed E-state index contributed by atoms with van der Waals surface area (Å²) in [6.45, 7) is 5.39. The number of pyridine rings is 1. The fourth-order valence-electron chi connectivity index (χ4n) is 1.89. The highest BCUT2D eigenvalue weighted by Gasteiger charge is 2.17. The van der Waals surface area contributed by atoms with Crippen LogP contribution >= 0.6 is 0 Å². The van der Waals surface area contributed by atoms with Gasteiger partial charge in [-0.15, -0.1) is 0 Å². The van der Waals surface area contributed by atoms with Crippen LogP contribution in [0.2, 0.25) is 0 Å². The molecule has 1 aromatic heterocycles. The number of aliphatic hydroxyl groups excluding tert-OH is 1. The van der Waals surface area contributed by atoms with E-state index in [9.17, 15) is 5.11 Å². The van der Waals surface area contributed by atoms with E-state index in [0.717, 1.165) is 37.3 Å². The molecule has 80 valence electrons. The standard InChI is InChI=1S/C12H16N2O/c1-2-10-5-6-11(8-13-10)14-7-3-4-12(15)9-14/h2,5-6,8,12,15H,1,3-4,7,9H2/t12-/m0/s1. The highest BCUT2D eigenvalue weighted by molar-refractivity contribution is 5.50. The highest BCUT2D eigenvalue weighted by Crippen LogP contribution is 2.19. The Balaban J connectivity index is 2.11. The molecule has 1 N–H and O–H groups in total. The van der Waals surface area contributed by atoms with Crippen molar-refractivity contribution in [1.29, 1.82) is 0 Å². The van der Waals surface area contributed by atoms with Gasteiger partial charge in [0.1, 0.15) is 0 Å². The molecule has 0 saturated carbocycles. The van der Waals surface area contributed by atoms with Crippen molar-refractivity contribution in [2.45, 2.75) is 18.9 Å². The number of hydrogen-bond acceptors (Lipinski definition) is 3. The van der Waals surface area contributed by atoms with Gasteiger partial charge in [0.2, 0.25) is 0 Å². The third kappa shape index (κ3) is 2.36. The topological polar surface area (TPSA) is 36.4 Å². The molecular formula is C12H16N2O. The predicted molar refractivity (Wildman–Crippen MR) is 61.8 cm³/mol. The van der Waals surface area contributed by atoms with Gasteiger partial charge in [0.15, 0.2) is 0 Å². The monoisotopic (exact) mass is 204 g/mol. The minimum Gasteiger partial charge on any atom is -0.391 e. The van der Waals surface area contributed by atoms with Gasteiger partial charge in [-0.2, -0.15) is 0 Å². The number of aromatic nitrogens is 1. The van der Waals surface area contributed by atoms with Gasteiger partial charge in [-0.1, -0.05) is 6.58 Å². The fourth-order valence-corrected chi connectivity index (χ4v) is 1.89. The molecule has 1 fully saturated rings. The number of piperidine rings is 1. The number of nitrogens with zero attached hydrogens (tertiary/aromatic N) is 2. The summed E-state index contributed by atoms with van der Waals surface area (Å²) >= 11 is 0. The zero-order valence-corrected chi connectivity index (χ0v) is 8.76. The number of anilines is 1.